The molecule has 0 aromatic carbocycles. The van der Waals surface area contributed by atoms with Crippen LogP contribution in [0.2, 0.25) is 0 Å². The van der Waals surface area contributed by atoms with Crippen molar-refractivity contribution < 1.29 is 9.53 Å². The molecule has 0 aliphatic carbocycles. The molecule has 0 amide bonds. The third kappa shape index (κ3) is 1.39. The van der Waals surface area contributed by atoms with Gasteiger partial charge < -0.3 is 9.14 Å². The zero-order valence-electron chi connectivity index (χ0n) is 7.40. The number of halogens is 1. The highest BCUT2D eigenvalue weighted by atomic mass is 79.9. The minimum Gasteiger partial charge on any atom is -0.464 e. The van der Waals surface area contributed by atoms with Crippen LogP contribution >= 0.6 is 15.9 Å². The molecule has 0 radical (unpaired) electrons. The topological polar surface area (TPSA) is 43.6 Å². The molecule has 0 spiro atoms. The van der Waals surface area contributed by atoms with Crippen LogP contribution < -0.4 is 0 Å². The third-order valence-corrected chi connectivity index (χ3v) is 2.30. The molecule has 5 heteroatoms. The SMILES string of the molecule is COC(=O)c1nccn2cc(Br)cc12. The number of ether oxygens (including phenoxy) is 1. The predicted molar refractivity (Wildman–Crippen MR) is 54.2 cm³/mol. The molecule has 0 unspecified atom stereocenters. The molecule has 0 aliphatic rings. The first-order valence-corrected chi connectivity index (χ1v) is 4.72. The van der Waals surface area contributed by atoms with Crippen molar-refractivity contribution in [3.63, 3.8) is 0 Å². The van der Waals surface area contributed by atoms with Gasteiger partial charge in [-0.15, -0.1) is 0 Å². The Morgan fingerprint density at radius 2 is 2.43 bits per heavy atom. The van der Waals surface area contributed by atoms with E-state index in [-0.39, 0.29) is 0 Å². The molecule has 0 bridgehead atoms. The van der Waals surface area contributed by atoms with Gasteiger partial charge in [0.05, 0.1) is 12.6 Å². The molecule has 0 fully saturated rings. The van der Waals surface area contributed by atoms with Gasteiger partial charge in [-0.2, -0.15) is 0 Å². The second kappa shape index (κ2) is 3.42. The lowest BCUT2D eigenvalue weighted by molar-refractivity contribution is 0.0596. The van der Waals surface area contributed by atoms with Crippen LogP contribution in [0.1, 0.15) is 10.5 Å². The van der Waals surface area contributed by atoms with Crippen molar-refractivity contribution in [2.45, 2.75) is 0 Å². The highest BCUT2D eigenvalue weighted by Crippen LogP contribution is 2.17. The first-order chi connectivity index (χ1) is 6.72. The van der Waals surface area contributed by atoms with Crippen LogP contribution in [-0.4, -0.2) is 22.5 Å². The predicted octanol–water partition coefficient (Wildman–Crippen LogP) is 1.88. The lowest BCUT2D eigenvalue weighted by Gasteiger charge is -2.00. The molecule has 2 aromatic heterocycles. The number of methoxy groups -OCH3 is 1. The summed E-state index contributed by atoms with van der Waals surface area (Å²) in [6, 6.07) is 1.82. The van der Waals surface area contributed by atoms with E-state index in [2.05, 4.69) is 25.7 Å². The molecule has 0 atom stereocenters. The first kappa shape index (κ1) is 9.21. The molecule has 4 nitrogen and oxygen atoms in total. The zero-order valence-corrected chi connectivity index (χ0v) is 8.98. The van der Waals surface area contributed by atoms with Crippen molar-refractivity contribution in [3.8, 4) is 0 Å². The summed E-state index contributed by atoms with van der Waals surface area (Å²) in [4.78, 5) is 15.3. The number of hydrogen-bond donors (Lipinski definition) is 0. The van der Waals surface area contributed by atoms with Gasteiger partial charge in [-0.25, -0.2) is 9.78 Å². The van der Waals surface area contributed by atoms with E-state index in [9.17, 15) is 4.79 Å². The van der Waals surface area contributed by atoms with Crippen LogP contribution in [0.5, 0.6) is 0 Å². The van der Waals surface area contributed by atoms with Gasteiger partial charge in [-0.05, 0) is 22.0 Å². The Balaban J connectivity index is 2.70. The largest absolute Gasteiger partial charge is 0.464 e. The van der Waals surface area contributed by atoms with Gasteiger partial charge in [0, 0.05) is 23.1 Å². The molecule has 0 saturated carbocycles. The van der Waals surface area contributed by atoms with E-state index >= 15 is 0 Å². The Morgan fingerprint density at radius 1 is 1.64 bits per heavy atom. The van der Waals surface area contributed by atoms with Crippen LogP contribution in [0.15, 0.2) is 29.1 Å². The minimum atomic E-state index is -0.429. The third-order valence-electron chi connectivity index (χ3n) is 1.87. The lowest BCUT2D eigenvalue weighted by atomic mass is 10.3. The highest BCUT2D eigenvalue weighted by Gasteiger charge is 2.12. The Labute approximate surface area is 88.6 Å². The monoisotopic (exact) mass is 254 g/mol. The Bertz CT molecular complexity index is 493. The molecule has 2 rings (SSSR count). The second-order valence-electron chi connectivity index (χ2n) is 2.72. The molecule has 0 saturated heterocycles. The van der Waals surface area contributed by atoms with Crippen molar-refractivity contribution in [1.82, 2.24) is 9.38 Å². The molecule has 2 heterocycles. The number of carbonyl (C=O) groups excluding carboxylic acids is 1. The average Bonchev–Trinajstić information content (AvgIpc) is 2.56. The van der Waals surface area contributed by atoms with Gasteiger partial charge in [0.1, 0.15) is 0 Å². The van der Waals surface area contributed by atoms with Crippen molar-refractivity contribution in [2.24, 2.45) is 0 Å². The first-order valence-electron chi connectivity index (χ1n) is 3.93. The quantitative estimate of drug-likeness (QED) is 0.731. The van der Waals surface area contributed by atoms with Crippen LogP contribution in [-0.2, 0) is 4.74 Å². The summed E-state index contributed by atoms with van der Waals surface area (Å²) < 4.78 is 7.33. The maximum absolute atomic E-state index is 11.3. The lowest BCUT2D eigenvalue weighted by Crippen LogP contribution is -2.05. The van der Waals surface area contributed by atoms with E-state index in [0.29, 0.717) is 5.69 Å². The standard InChI is InChI=1S/C9H7BrN2O2/c1-14-9(13)8-7-4-6(10)5-12(7)3-2-11-8/h2-5H,1H3. The number of fused-ring (bicyclic) bond motifs is 1. The molecule has 14 heavy (non-hydrogen) atoms. The van der Waals surface area contributed by atoms with Crippen LogP contribution in [0.4, 0.5) is 0 Å². The van der Waals surface area contributed by atoms with Crippen molar-refractivity contribution in [1.29, 1.82) is 0 Å². The van der Waals surface area contributed by atoms with E-state index in [1.165, 1.54) is 7.11 Å². The number of rotatable bonds is 1. The van der Waals surface area contributed by atoms with Crippen LogP contribution in [0.25, 0.3) is 5.52 Å². The molecule has 2 aromatic rings. The average molecular weight is 255 g/mol. The summed E-state index contributed by atoms with van der Waals surface area (Å²) >= 11 is 3.33. The Morgan fingerprint density at radius 3 is 3.14 bits per heavy atom. The van der Waals surface area contributed by atoms with E-state index in [1.807, 2.05) is 16.7 Å². The smallest absolute Gasteiger partial charge is 0.358 e. The van der Waals surface area contributed by atoms with E-state index in [0.717, 1.165) is 9.99 Å². The number of hydrogen-bond acceptors (Lipinski definition) is 3. The highest BCUT2D eigenvalue weighted by molar-refractivity contribution is 9.10. The van der Waals surface area contributed by atoms with Crippen LogP contribution in [0.3, 0.4) is 0 Å². The number of esters is 1. The summed E-state index contributed by atoms with van der Waals surface area (Å²) in [6.45, 7) is 0. The summed E-state index contributed by atoms with van der Waals surface area (Å²) in [5.74, 6) is -0.429. The molecule has 0 aliphatic heterocycles. The fourth-order valence-electron chi connectivity index (χ4n) is 1.26. The fraction of sp³-hybridized carbons (Fsp3) is 0.111. The number of carbonyl (C=O) groups is 1. The molecule has 72 valence electrons. The molecule has 0 N–H and O–H groups in total. The molecular formula is C9H7BrN2O2. The summed E-state index contributed by atoms with van der Waals surface area (Å²) in [6.07, 6.45) is 5.18. The summed E-state index contributed by atoms with van der Waals surface area (Å²) in [5.41, 5.74) is 1.05. The minimum absolute atomic E-state index is 0.320. The van der Waals surface area contributed by atoms with Crippen molar-refractivity contribution in [3.05, 3.63) is 34.8 Å². The van der Waals surface area contributed by atoms with Crippen molar-refractivity contribution >= 4 is 27.4 Å². The Hall–Kier alpha value is -1.36. The Kier molecular flexibility index (Phi) is 2.25. The fourth-order valence-corrected chi connectivity index (χ4v) is 1.70. The maximum atomic E-state index is 11.3. The number of aromatic nitrogens is 2. The molecular weight excluding hydrogens is 248 g/mol. The zero-order chi connectivity index (χ0) is 10.1. The van der Waals surface area contributed by atoms with Gasteiger partial charge in [0.25, 0.3) is 0 Å². The second-order valence-corrected chi connectivity index (χ2v) is 3.63. The summed E-state index contributed by atoms with van der Waals surface area (Å²) in [5, 5.41) is 0. The van der Waals surface area contributed by atoms with Gasteiger partial charge in [0.2, 0.25) is 0 Å². The van der Waals surface area contributed by atoms with Crippen LogP contribution in [0, 0.1) is 0 Å². The van der Waals surface area contributed by atoms with E-state index in [1.54, 1.807) is 12.4 Å². The van der Waals surface area contributed by atoms with E-state index < -0.39 is 5.97 Å². The maximum Gasteiger partial charge on any atom is 0.358 e. The summed E-state index contributed by atoms with van der Waals surface area (Å²) in [7, 11) is 1.34. The normalized spacial score (nSPS) is 10.4. The van der Waals surface area contributed by atoms with Crippen molar-refractivity contribution in [2.75, 3.05) is 7.11 Å². The van der Waals surface area contributed by atoms with Gasteiger partial charge >= 0.3 is 5.97 Å². The van der Waals surface area contributed by atoms with E-state index in [4.69, 9.17) is 0 Å². The van der Waals surface area contributed by atoms with Gasteiger partial charge in [-0.3, -0.25) is 0 Å². The number of nitrogens with zero attached hydrogens (tertiary/aromatic N) is 2. The van der Waals surface area contributed by atoms with Gasteiger partial charge in [0.15, 0.2) is 5.69 Å². The van der Waals surface area contributed by atoms with Gasteiger partial charge in [-0.1, -0.05) is 0 Å².